The Kier molecular flexibility index (Phi) is 3.96. The first kappa shape index (κ1) is 14.8. The maximum Gasteiger partial charge on any atom is 0.312 e. The average Bonchev–Trinajstić information content (AvgIpc) is 3.35. The number of nitro groups is 1. The molecule has 0 bridgehead atoms. The highest BCUT2D eigenvalue weighted by atomic mass is 16.6. The highest BCUT2D eigenvalue weighted by molar-refractivity contribution is 5.57. The fraction of sp³-hybridized carbons (Fsp3) is 0.533. The number of nitrogens with zero attached hydrogens (tertiary/aromatic N) is 3. The third kappa shape index (κ3) is 2.75. The molecule has 7 heteroatoms. The van der Waals surface area contributed by atoms with E-state index in [4.69, 9.17) is 5.26 Å². The summed E-state index contributed by atoms with van der Waals surface area (Å²) in [6, 6.07) is 4.66. The van der Waals surface area contributed by atoms with Gasteiger partial charge in [0.2, 0.25) is 0 Å². The lowest BCUT2D eigenvalue weighted by Crippen LogP contribution is -2.45. The van der Waals surface area contributed by atoms with Crippen molar-refractivity contribution in [2.24, 2.45) is 5.92 Å². The Morgan fingerprint density at radius 3 is 2.64 bits per heavy atom. The number of phenolic OH excluding ortho intramolecular Hbond substituents is 1. The Morgan fingerprint density at radius 2 is 2.09 bits per heavy atom. The van der Waals surface area contributed by atoms with E-state index in [1.807, 2.05) is 6.07 Å². The molecule has 1 aliphatic carbocycles. The van der Waals surface area contributed by atoms with Crippen LogP contribution in [0.1, 0.15) is 30.0 Å². The van der Waals surface area contributed by atoms with Crippen LogP contribution in [-0.4, -0.2) is 41.1 Å². The standard InChI is InChI=1S/C15H18N4O3/c16-9-10-7-12(15(20)13(8-10)19(21)22)14(11-1-2-11)18-5-3-17-4-6-18/h7-8,11,14,17,20H,1-6H2/t14-/m1/s1. The molecule has 0 amide bonds. The summed E-state index contributed by atoms with van der Waals surface area (Å²) in [5.74, 6) is 0.108. The molecular weight excluding hydrogens is 284 g/mol. The number of rotatable bonds is 4. The lowest BCUT2D eigenvalue weighted by atomic mass is 9.96. The van der Waals surface area contributed by atoms with E-state index in [-0.39, 0.29) is 23.0 Å². The molecule has 116 valence electrons. The van der Waals surface area contributed by atoms with Gasteiger partial charge in [0, 0.05) is 43.9 Å². The predicted octanol–water partition coefficient (Wildman–Crippen LogP) is 1.53. The smallest absolute Gasteiger partial charge is 0.312 e. The van der Waals surface area contributed by atoms with E-state index in [1.165, 1.54) is 0 Å². The van der Waals surface area contributed by atoms with Crippen LogP contribution in [0, 0.1) is 27.4 Å². The van der Waals surface area contributed by atoms with Crippen molar-refractivity contribution in [1.82, 2.24) is 10.2 Å². The molecule has 1 aromatic rings. The van der Waals surface area contributed by atoms with Crippen molar-refractivity contribution >= 4 is 5.69 Å². The highest BCUT2D eigenvalue weighted by Gasteiger charge is 2.39. The molecule has 1 aliphatic heterocycles. The summed E-state index contributed by atoms with van der Waals surface area (Å²) in [4.78, 5) is 12.8. The highest BCUT2D eigenvalue weighted by Crippen LogP contribution is 2.48. The molecule has 1 aromatic carbocycles. The zero-order chi connectivity index (χ0) is 15.7. The second-order valence-corrected chi connectivity index (χ2v) is 5.87. The van der Waals surface area contributed by atoms with Gasteiger partial charge in [0.15, 0.2) is 5.75 Å². The monoisotopic (exact) mass is 302 g/mol. The van der Waals surface area contributed by atoms with E-state index in [0.29, 0.717) is 11.5 Å². The molecule has 0 radical (unpaired) electrons. The predicted molar refractivity (Wildman–Crippen MR) is 79.4 cm³/mol. The first-order chi connectivity index (χ1) is 10.6. The minimum Gasteiger partial charge on any atom is -0.502 e. The van der Waals surface area contributed by atoms with Gasteiger partial charge in [0.1, 0.15) is 0 Å². The van der Waals surface area contributed by atoms with Gasteiger partial charge >= 0.3 is 5.69 Å². The Balaban J connectivity index is 2.05. The fourth-order valence-corrected chi connectivity index (χ4v) is 3.19. The number of hydrogen-bond acceptors (Lipinski definition) is 6. The van der Waals surface area contributed by atoms with E-state index in [9.17, 15) is 15.2 Å². The van der Waals surface area contributed by atoms with Crippen molar-refractivity contribution in [2.45, 2.75) is 18.9 Å². The van der Waals surface area contributed by atoms with Crippen LogP contribution in [-0.2, 0) is 0 Å². The number of benzene rings is 1. The number of nitriles is 1. The third-order valence-electron chi connectivity index (χ3n) is 4.38. The molecule has 3 rings (SSSR count). The molecule has 0 spiro atoms. The number of aromatic hydroxyl groups is 1. The van der Waals surface area contributed by atoms with Gasteiger partial charge in [0.25, 0.3) is 0 Å². The fourth-order valence-electron chi connectivity index (χ4n) is 3.19. The van der Waals surface area contributed by atoms with E-state index in [0.717, 1.165) is 45.1 Å². The topological polar surface area (TPSA) is 102 Å². The van der Waals surface area contributed by atoms with Gasteiger partial charge in [-0.05, 0) is 24.8 Å². The molecule has 1 atom stereocenters. The average molecular weight is 302 g/mol. The lowest BCUT2D eigenvalue weighted by Gasteiger charge is -2.35. The third-order valence-corrected chi connectivity index (χ3v) is 4.38. The lowest BCUT2D eigenvalue weighted by molar-refractivity contribution is -0.386. The summed E-state index contributed by atoms with van der Waals surface area (Å²) in [5, 5.41) is 33.9. The van der Waals surface area contributed by atoms with Crippen molar-refractivity contribution < 1.29 is 10.0 Å². The second-order valence-electron chi connectivity index (χ2n) is 5.87. The summed E-state index contributed by atoms with van der Waals surface area (Å²) in [6.07, 6.45) is 2.11. The van der Waals surface area contributed by atoms with Gasteiger partial charge in [-0.3, -0.25) is 15.0 Å². The summed E-state index contributed by atoms with van der Waals surface area (Å²) in [5.41, 5.74) is 0.366. The normalized spacial score (nSPS) is 20.3. The van der Waals surface area contributed by atoms with E-state index < -0.39 is 4.92 Å². The number of nitrogens with one attached hydrogen (secondary N) is 1. The first-order valence-corrected chi connectivity index (χ1v) is 7.48. The second kappa shape index (κ2) is 5.91. The Hall–Kier alpha value is -2.17. The Labute approximate surface area is 128 Å². The van der Waals surface area contributed by atoms with Gasteiger partial charge in [-0.1, -0.05) is 0 Å². The van der Waals surface area contributed by atoms with Crippen LogP contribution < -0.4 is 5.32 Å². The molecule has 22 heavy (non-hydrogen) atoms. The van der Waals surface area contributed by atoms with E-state index in [1.54, 1.807) is 6.07 Å². The van der Waals surface area contributed by atoms with Crippen molar-refractivity contribution in [3.63, 3.8) is 0 Å². The van der Waals surface area contributed by atoms with Crippen LogP contribution in [0.4, 0.5) is 5.69 Å². The molecular formula is C15H18N4O3. The summed E-state index contributed by atoms with van der Waals surface area (Å²) >= 11 is 0. The van der Waals surface area contributed by atoms with Crippen molar-refractivity contribution in [1.29, 1.82) is 5.26 Å². The quantitative estimate of drug-likeness (QED) is 0.646. The molecule has 7 nitrogen and oxygen atoms in total. The van der Waals surface area contributed by atoms with Crippen LogP contribution in [0.25, 0.3) is 0 Å². The summed E-state index contributed by atoms with van der Waals surface area (Å²) < 4.78 is 0. The minimum atomic E-state index is -0.624. The number of phenols is 1. The van der Waals surface area contributed by atoms with Gasteiger partial charge in [0.05, 0.1) is 16.6 Å². The SMILES string of the molecule is N#Cc1cc([C@@H](C2CC2)N2CCNCC2)c(O)c([N+](=O)[O-])c1. The molecule has 2 fully saturated rings. The van der Waals surface area contributed by atoms with E-state index >= 15 is 0 Å². The molecule has 1 saturated heterocycles. The van der Waals surface area contributed by atoms with Gasteiger partial charge in [-0.2, -0.15) is 5.26 Å². The zero-order valence-corrected chi connectivity index (χ0v) is 12.2. The van der Waals surface area contributed by atoms with Crippen LogP contribution in [0.15, 0.2) is 12.1 Å². The summed E-state index contributed by atoms with van der Waals surface area (Å²) in [7, 11) is 0. The maximum atomic E-state index is 11.1. The van der Waals surface area contributed by atoms with Gasteiger partial charge < -0.3 is 10.4 Å². The first-order valence-electron chi connectivity index (χ1n) is 7.48. The van der Waals surface area contributed by atoms with Gasteiger partial charge in [-0.25, -0.2) is 0 Å². The number of nitro benzene ring substituents is 1. The number of hydrogen-bond donors (Lipinski definition) is 2. The molecule has 0 unspecified atom stereocenters. The minimum absolute atomic E-state index is 0.0471. The molecule has 1 heterocycles. The van der Waals surface area contributed by atoms with Crippen molar-refractivity contribution in [3.8, 4) is 11.8 Å². The van der Waals surface area contributed by atoms with Crippen molar-refractivity contribution in [3.05, 3.63) is 33.4 Å². The molecule has 0 aromatic heterocycles. The van der Waals surface area contributed by atoms with E-state index in [2.05, 4.69) is 10.2 Å². The van der Waals surface area contributed by atoms with Crippen LogP contribution in [0.3, 0.4) is 0 Å². The zero-order valence-electron chi connectivity index (χ0n) is 12.2. The largest absolute Gasteiger partial charge is 0.502 e. The molecule has 2 aliphatic rings. The van der Waals surface area contributed by atoms with Crippen LogP contribution >= 0.6 is 0 Å². The summed E-state index contributed by atoms with van der Waals surface area (Å²) in [6.45, 7) is 3.41. The molecule has 1 saturated carbocycles. The maximum absolute atomic E-state index is 11.1. The van der Waals surface area contributed by atoms with Gasteiger partial charge in [-0.15, -0.1) is 0 Å². The molecule has 2 N–H and O–H groups in total. The number of piperazine rings is 1. The van der Waals surface area contributed by atoms with Crippen LogP contribution in [0.5, 0.6) is 5.75 Å². The van der Waals surface area contributed by atoms with Crippen molar-refractivity contribution in [2.75, 3.05) is 26.2 Å². The van der Waals surface area contributed by atoms with Crippen LogP contribution in [0.2, 0.25) is 0 Å². The Morgan fingerprint density at radius 1 is 1.41 bits per heavy atom. The Bertz CT molecular complexity index is 630.